The molecule has 0 saturated carbocycles. The highest BCUT2D eigenvalue weighted by molar-refractivity contribution is 6.32. The Morgan fingerprint density at radius 1 is 1.16 bits per heavy atom. The Labute approximate surface area is 197 Å². The summed E-state index contributed by atoms with van der Waals surface area (Å²) in [6.45, 7) is 3.25. The molecule has 3 rings (SSSR count). The molecule has 0 aliphatic rings. The fraction of sp³-hybridized carbons (Fsp3) is 0.261. The maximum atomic E-state index is 9.79. The van der Waals surface area contributed by atoms with Crippen LogP contribution in [0.3, 0.4) is 0 Å². The second kappa shape index (κ2) is 11.0. The maximum absolute atomic E-state index is 9.79. The van der Waals surface area contributed by atoms with Crippen molar-refractivity contribution in [2.24, 2.45) is 0 Å². The minimum absolute atomic E-state index is 0.403. The lowest BCUT2D eigenvalue weighted by molar-refractivity contribution is 0.198. The summed E-state index contributed by atoms with van der Waals surface area (Å²) in [7, 11) is 1.66. The lowest BCUT2D eigenvalue weighted by Crippen LogP contribution is -2.10. The molecule has 0 aliphatic heterocycles. The summed E-state index contributed by atoms with van der Waals surface area (Å²) in [6.07, 6.45) is 2.27. The predicted molar refractivity (Wildman–Crippen MR) is 130 cm³/mol. The van der Waals surface area contributed by atoms with Crippen LogP contribution in [0.1, 0.15) is 29.0 Å². The molecular weight excluding hydrogens is 447 g/mol. The molecule has 9 heteroatoms. The first kappa shape index (κ1) is 23.6. The summed E-state index contributed by atoms with van der Waals surface area (Å²) >= 11 is 12.6. The summed E-state index contributed by atoms with van der Waals surface area (Å²) in [5.74, 6) is 0.501. The van der Waals surface area contributed by atoms with E-state index in [1.54, 1.807) is 25.3 Å². The van der Waals surface area contributed by atoms with E-state index in [9.17, 15) is 5.26 Å². The van der Waals surface area contributed by atoms with Crippen LogP contribution in [0.2, 0.25) is 10.0 Å². The fourth-order valence-electron chi connectivity index (χ4n) is 3.23. The van der Waals surface area contributed by atoms with Gasteiger partial charge in [-0.2, -0.15) is 5.26 Å². The van der Waals surface area contributed by atoms with Gasteiger partial charge >= 0.3 is 0 Å². The molecule has 1 aromatic heterocycles. The summed E-state index contributed by atoms with van der Waals surface area (Å²) < 4.78 is 5.05. The van der Waals surface area contributed by atoms with Gasteiger partial charge in [-0.3, -0.25) is 0 Å². The van der Waals surface area contributed by atoms with Crippen LogP contribution < -0.4 is 16.4 Å². The number of nitrogen functional groups attached to an aromatic ring is 1. The Kier molecular flexibility index (Phi) is 8.12. The molecule has 1 unspecified atom stereocenters. The van der Waals surface area contributed by atoms with Crippen LogP contribution >= 0.6 is 23.2 Å². The molecule has 32 heavy (non-hydrogen) atoms. The van der Waals surface area contributed by atoms with Crippen molar-refractivity contribution in [1.29, 1.82) is 5.26 Å². The first-order valence-corrected chi connectivity index (χ1v) is 10.8. The van der Waals surface area contributed by atoms with Gasteiger partial charge in [0.05, 0.1) is 12.0 Å². The maximum Gasteiger partial charge on any atom is 0.159 e. The summed E-state index contributed by atoms with van der Waals surface area (Å²) in [4.78, 5) is 8.47. The quantitative estimate of drug-likeness (QED) is 0.353. The molecule has 0 saturated heterocycles. The van der Waals surface area contributed by atoms with E-state index in [1.807, 2.05) is 25.1 Å². The largest absolute Gasteiger partial charge is 0.393 e. The van der Waals surface area contributed by atoms with Gasteiger partial charge in [0.15, 0.2) is 11.6 Å². The van der Waals surface area contributed by atoms with E-state index >= 15 is 0 Å². The normalized spacial score (nSPS) is 11.6. The number of nitrogens with one attached hydrogen (secondary N) is 2. The van der Waals surface area contributed by atoms with Gasteiger partial charge in [0.2, 0.25) is 0 Å². The molecule has 2 aromatic carbocycles. The number of hydrogen-bond donors (Lipinski definition) is 3. The van der Waals surface area contributed by atoms with Crippen molar-refractivity contribution in [3.8, 4) is 6.07 Å². The number of rotatable bonds is 9. The molecule has 0 bridgehead atoms. The van der Waals surface area contributed by atoms with Crippen LogP contribution in [0, 0.1) is 18.3 Å². The van der Waals surface area contributed by atoms with Gasteiger partial charge in [0.1, 0.15) is 12.0 Å². The molecule has 4 N–H and O–H groups in total. The standard InChI is InChI=1S/C23H24Cl2N6O/c1-14-10-17(18(12-26)15-4-6-16(24)7-5-15)19(25)11-20(14)31-23-21(27)22(29-13-30-23)28-8-3-9-32-2/h4-7,10-11,13,18H,3,8-9,27H2,1-2H3,(H2,28,29,30,31). The minimum Gasteiger partial charge on any atom is -0.393 e. The zero-order valence-electron chi connectivity index (χ0n) is 17.8. The van der Waals surface area contributed by atoms with Crippen LogP contribution in [0.5, 0.6) is 0 Å². The highest BCUT2D eigenvalue weighted by Gasteiger charge is 2.19. The van der Waals surface area contributed by atoms with E-state index in [4.69, 9.17) is 33.7 Å². The predicted octanol–water partition coefficient (Wildman–Crippen LogP) is 5.52. The van der Waals surface area contributed by atoms with Crippen molar-refractivity contribution >= 4 is 46.2 Å². The average molecular weight is 471 g/mol. The van der Waals surface area contributed by atoms with Gasteiger partial charge in [-0.05, 0) is 48.2 Å². The molecule has 7 nitrogen and oxygen atoms in total. The van der Waals surface area contributed by atoms with Gasteiger partial charge in [-0.1, -0.05) is 41.4 Å². The number of anilines is 4. The third-order valence-corrected chi connectivity index (χ3v) is 5.52. The summed E-state index contributed by atoms with van der Waals surface area (Å²) in [5, 5.41) is 17.3. The molecular formula is C23H24Cl2N6O. The second-order valence-corrected chi connectivity index (χ2v) is 8.03. The van der Waals surface area contributed by atoms with E-state index < -0.39 is 5.92 Å². The van der Waals surface area contributed by atoms with Gasteiger partial charge in [0, 0.05) is 36.0 Å². The third-order valence-electron chi connectivity index (χ3n) is 4.94. The van der Waals surface area contributed by atoms with E-state index in [0.29, 0.717) is 40.5 Å². The van der Waals surface area contributed by atoms with Gasteiger partial charge in [0.25, 0.3) is 0 Å². The third kappa shape index (κ3) is 5.60. The monoisotopic (exact) mass is 470 g/mol. The molecule has 1 atom stereocenters. The van der Waals surface area contributed by atoms with E-state index in [1.165, 1.54) is 6.33 Å². The minimum atomic E-state index is -0.514. The fourth-order valence-corrected chi connectivity index (χ4v) is 3.62. The topological polar surface area (TPSA) is 109 Å². The molecule has 0 amide bonds. The number of nitriles is 1. The number of ether oxygens (including phenoxy) is 1. The van der Waals surface area contributed by atoms with Gasteiger partial charge < -0.3 is 21.1 Å². The van der Waals surface area contributed by atoms with Crippen molar-refractivity contribution in [1.82, 2.24) is 9.97 Å². The van der Waals surface area contributed by atoms with Crippen molar-refractivity contribution in [3.05, 3.63) is 69.5 Å². The lowest BCUT2D eigenvalue weighted by atomic mass is 9.91. The Hall–Kier alpha value is -3.05. The van der Waals surface area contributed by atoms with Crippen LogP contribution in [0.25, 0.3) is 0 Å². The second-order valence-electron chi connectivity index (χ2n) is 7.18. The Morgan fingerprint density at radius 3 is 2.56 bits per heavy atom. The number of aromatic nitrogens is 2. The van der Waals surface area contributed by atoms with Crippen molar-refractivity contribution < 1.29 is 4.74 Å². The van der Waals surface area contributed by atoms with E-state index in [2.05, 4.69) is 26.7 Å². The molecule has 0 aliphatic carbocycles. The Morgan fingerprint density at radius 2 is 1.88 bits per heavy atom. The van der Waals surface area contributed by atoms with Crippen LogP contribution in [0.4, 0.5) is 23.0 Å². The number of methoxy groups -OCH3 is 1. The molecule has 3 aromatic rings. The number of hydrogen-bond acceptors (Lipinski definition) is 7. The average Bonchev–Trinajstić information content (AvgIpc) is 2.78. The lowest BCUT2D eigenvalue weighted by Gasteiger charge is -2.17. The molecule has 0 spiro atoms. The highest BCUT2D eigenvalue weighted by Crippen LogP contribution is 2.36. The number of benzene rings is 2. The highest BCUT2D eigenvalue weighted by atomic mass is 35.5. The SMILES string of the molecule is COCCCNc1ncnc(Nc2cc(Cl)c(C(C#N)c3ccc(Cl)cc3)cc2C)c1N. The zero-order valence-corrected chi connectivity index (χ0v) is 19.3. The van der Waals surface area contributed by atoms with Gasteiger partial charge in [-0.25, -0.2) is 9.97 Å². The first-order chi connectivity index (χ1) is 15.4. The van der Waals surface area contributed by atoms with Crippen LogP contribution in [-0.2, 0) is 4.74 Å². The summed E-state index contributed by atoms with van der Waals surface area (Å²) in [5.41, 5.74) is 9.83. The van der Waals surface area contributed by atoms with Crippen molar-refractivity contribution in [2.75, 3.05) is 36.6 Å². The molecule has 166 valence electrons. The molecule has 0 radical (unpaired) electrons. The first-order valence-electron chi connectivity index (χ1n) is 10.00. The number of aryl methyl sites for hydroxylation is 1. The Bertz CT molecular complexity index is 1110. The van der Waals surface area contributed by atoms with Crippen LogP contribution in [0.15, 0.2) is 42.7 Å². The Balaban J connectivity index is 1.84. The number of nitrogens with zero attached hydrogens (tertiary/aromatic N) is 3. The zero-order chi connectivity index (χ0) is 23.1. The summed E-state index contributed by atoms with van der Waals surface area (Å²) in [6, 6.07) is 13.2. The van der Waals surface area contributed by atoms with Crippen LogP contribution in [-0.4, -0.2) is 30.2 Å². The van der Waals surface area contributed by atoms with E-state index in [0.717, 1.165) is 28.8 Å². The number of halogens is 2. The number of nitrogens with two attached hydrogens (primary N) is 1. The smallest absolute Gasteiger partial charge is 0.159 e. The molecule has 0 fully saturated rings. The van der Waals surface area contributed by atoms with Crippen molar-refractivity contribution in [3.63, 3.8) is 0 Å². The molecule has 1 heterocycles. The van der Waals surface area contributed by atoms with Crippen molar-refractivity contribution in [2.45, 2.75) is 19.3 Å². The van der Waals surface area contributed by atoms with Gasteiger partial charge in [-0.15, -0.1) is 0 Å². The van der Waals surface area contributed by atoms with E-state index in [-0.39, 0.29) is 0 Å².